The van der Waals surface area contributed by atoms with Gasteiger partial charge in [-0.25, -0.2) is 0 Å². The number of rotatable bonds is 2. The number of hydrogen-bond donors (Lipinski definition) is 1. The van der Waals surface area contributed by atoms with Crippen LogP contribution in [0.5, 0.6) is 0 Å². The maximum Gasteiger partial charge on any atom is 0.0728 e. The fraction of sp³-hybridized carbons (Fsp3) is 0.700. The van der Waals surface area contributed by atoms with Gasteiger partial charge in [-0.15, -0.1) is 0 Å². The van der Waals surface area contributed by atoms with Crippen molar-refractivity contribution in [1.29, 1.82) is 0 Å². The van der Waals surface area contributed by atoms with Crippen molar-refractivity contribution < 1.29 is 0 Å². The molecule has 1 fully saturated rings. The van der Waals surface area contributed by atoms with Crippen LogP contribution in [0.15, 0.2) is 12.4 Å². The number of aromatic nitrogens is 2. The molecule has 0 amide bonds. The lowest BCUT2D eigenvalue weighted by molar-refractivity contribution is 0.556. The van der Waals surface area contributed by atoms with Crippen LogP contribution in [0.25, 0.3) is 0 Å². The minimum atomic E-state index is 0.657. The minimum absolute atomic E-state index is 0.657. The average molecular weight is 179 g/mol. The Balaban J connectivity index is 1.97. The third kappa shape index (κ3) is 1.85. The molecule has 0 unspecified atom stereocenters. The monoisotopic (exact) mass is 179 g/mol. The molecule has 1 N–H and O–H groups in total. The Morgan fingerprint density at radius 1 is 1.54 bits per heavy atom. The second-order valence-corrected chi connectivity index (χ2v) is 4.06. The van der Waals surface area contributed by atoms with E-state index in [-0.39, 0.29) is 0 Å². The largest absolute Gasteiger partial charge is 0.380 e. The van der Waals surface area contributed by atoms with E-state index in [4.69, 9.17) is 0 Å². The molecule has 2 atom stereocenters. The van der Waals surface area contributed by atoms with Gasteiger partial charge in [-0.2, -0.15) is 5.10 Å². The van der Waals surface area contributed by atoms with Crippen LogP contribution in [0, 0.1) is 5.92 Å². The first-order chi connectivity index (χ1) is 6.25. The first kappa shape index (κ1) is 8.60. The van der Waals surface area contributed by atoms with E-state index in [1.165, 1.54) is 19.3 Å². The van der Waals surface area contributed by atoms with E-state index in [0.717, 1.165) is 11.6 Å². The predicted octanol–water partition coefficient (Wildman–Crippen LogP) is 2.02. The van der Waals surface area contributed by atoms with Crippen LogP contribution in [-0.2, 0) is 7.05 Å². The quantitative estimate of drug-likeness (QED) is 0.752. The van der Waals surface area contributed by atoms with Gasteiger partial charge in [0.2, 0.25) is 0 Å². The maximum absolute atomic E-state index is 4.14. The smallest absolute Gasteiger partial charge is 0.0728 e. The zero-order chi connectivity index (χ0) is 9.26. The Morgan fingerprint density at radius 3 is 2.92 bits per heavy atom. The van der Waals surface area contributed by atoms with Gasteiger partial charge >= 0.3 is 0 Å². The molecule has 1 aliphatic carbocycles. The van der Waals surface area contributed by atoms with Crippen molar-refractivity contribution >= 4 is 5.69 Å². The normalized spacial score (nSPS) is 27.8. The molecule has 1 aliphatic rings. The summed E-state index contributed by atoms with van der Waals surface area (Å²) in [4.78, 5) is 0. The number of anilines is 1. The highest BCUT2D eigenvalue weighted by molar-refractivity contribution is 5.39. The molecule has 1 aromatic heterocycles. The average Bonchev–Trinajstić information content (AvgIpc) is 2.64. The fourth-order valence-electron chi connectivity index (χ4n) is 2.07. The van der Waals surface area contributed by atoms with Gasteiger partial charge < -0.3 is 5.32 Å². The van der Waals surface area contributed by atoms with E-state index in [9.17, 15) is 0 Å². The summed E-state index contributed by atoms with van der Waals surface area (Å²) in [5.74, 6) is 0.806. The highest BCUT2D eigenvalue weighted by Gasteiger charge is 2.22. The van der Waals surface area contributed by atoms with Gasteiger partial charge in [0.1, 0.15) is 0 Å². The van der Waals surface area contributed by atoms with Crippen molar-refractivity contribution in [1.82, 2.24) is 9.78 Å². The predicted molar refractivity (Wildman–Crippen MR) is 53.6 cm³/mol. The van der Waals surface area contributed by atoms with E-state index in [1.807, 2.05) is 24.1 Å². The van der Waals surface area contributed by atoms with Gasteiger partial charge in [0.05, 0.1) is 11.9 Å². The van der Waals surface area contributed by atoms with Crippen LogP contribution < -0.4 is 5.32 Å². The molecule has 1 heterocycles. The zero-order valence-electron chi connectivity index (χ0n) is 8.33. The molecule has 13 heavy (non-hydrogen) atoms. The third-order valence-electron chi connectivity index (χ3n) is 2.92. The van der Waals surface area contributed by atoms with Gasteiger partial charge in [-0.05, 0) is 18.8 Å². The van der Waals surface area contributed by atoms with Crippen molar-refractivity contribution in [3.8, 4) is 0 Å². The lowest BCUT2D eigenvalue weighted by atomic mass is 10.1. The van der Waals surface area contributed by atoms with Gasteiger partial charge in [0, 0.05) is 19.3 Å². The molecule has 0 radical (unpaired) electrons. The Morgan fingerprint density at radius 2 is 2.38 bits per heavy atom. The molecule has 0 aromatic carbocycles. The number of aryl methyl sites for hydroxylation is 1. The summed E-state index contributed by atoms with van der Waals surface area (Å²) in [7, 11) is 1.95. The lowest BCUT2D eigenvalue weighted by Crippen LogP contribution is -2.21. The topological polar surface area (TPSA) is 29.9 Å². The molecule has 2 rings (SSSR count). The van der Waals surface area contributed by atoms with Gasteiger partial charge in [-0.1, -0.05) is 13.3 Å². The van der Waals surface area contributed by atoms with Crippen LogP contribution in [0.2, 0.25) is 0 Å². The number of nitrogens with zero attached hydrogens (tertiary/aromatic N) is 2. The molecule has 1 saturated carbocycles. The maximum atomic E-state index is 4.14. The summed E-state index contributed by atoms with van der Waals surface area (Å²) in [6.07, 6.45) is 7.95. The molecule has 0 bridgehead atoms. The molecule has 1 aromatic rings. The van der Waals surface area contributed by atoms with Crippen LogP contribution in [0.1, 0.15) is 26.2 Å². The SMILES string of the molecule is C[C@@H]1CCC[C@@H]1Nc1cnn(C)c1. The van der Waals surface area contributed by atoms with Crippen LogP contribution >= 0.6 is 0 Å². The molecule has 0 spiro atoms. The summed E-state index contributed by atoms with van der Waals surface area (Å²) in [6, 6.07) is 0.657. The first-order valence-corrected chi connectivity index (χ1v) is 5.01. The van der Waals surface area contributed by atoms with Crippen molar-refractivity contribution in [3.05, 3.63) is 12.4 Å². The summed E-state index contributed by atoms with van der Waals surface area (Å²) in [6.45, 7) is 2.32. The second kappa shape index (κ2) is 3.40. The second-order valence-electron chi connectivity index (χ2n) is 4.06. The molecular weight excluding hydrogens is 162 g/mol. The Hall–Kier alpha value is -0.990. The van der Waals surface area contributed by atoms with Crippen LogP contribution in [-0.4, -0.2) is 15.8 Å². The van der Waals surface area contributed by atoms with Gasteiger partial charge in [0.15, 0.2) is 0 Å². The van der Waals surface area contributed by atoms with E-state index >= 15 is 0 Å². The fourth-order valence-corrected chi connectivity index (χ4v) is 2.07. The molecule has 0 aliphatic heterocycles. The highest BCUT2D eigenvalue weighted by Crippen LogP contribution is 2.27. The molecule has 0 saturated heterocycles. The van der Waals surface area contributed by atoms with Crippen LogP contribution in [0.4, 0.5) is 5.69 Å². The lowest BCUT2D eigenvalue weighted by Gasteiger charge is -2.16. The molecule has 72 valence electrons. The summed E-state index contributed by atoms with van der Waals surface area (Å²) >= 11 is 0. The zero-order valence-corrected chi connectivity index (χ0v) is 8.33. The van der Waals surface area contributed by atoms with Crippen LogP contribution in [0.3, 0.4) is 0 Å². The van der Waals surface area contributed by atoms with Crippen molar-refractivity contribution in [2.45, 2.75) is 32.2 Å². The highest BCUT2D eigenvalue weighted by atomic mass is 15.3. The third-order valence-corrected chi connectivity index (χ3v) is 2.92. The van der Waals surface area contributed by atoms with E-state index in [2.05, 4.69) is 17.3 Å². The van der Waals surface area contributed by atoms with Crippen molar-refractivity contribution in [3.63, 3.8) is 0 Å². The summed E-state index contributed by atoms with van der Waals surface area (Å²) in [5.41, 5.74) is 1.15. The molecule has 3 heteroatoms. The Kier molecular flexibility index (Phi) is 2.25. The number of hydrogen-bond acceptors (Lipinski definition) is 2. The van der Waals surface area contributed by atoms with Crippen molar-refractivity contribution in [2.24, 2.45) is 13.0 Å². The summed E-state index contributed by atoms with van der Waals surface area (Å²) in [5, 5.41) is 7.67. The first-order valence-electron chi connectivity index (χ1n) is 5.01. The Bertz CT molecular complexity index is 279. The Labute approximate surface area is 79.1 Å². The van der Waals surface area contributed by atoms with E-state index in [1.54, 1.807) is 0 Å². The van der Waals surface area contributed by atoms with Crippen molar-refractivity contribution in [2.75, 3.05) is 5.32 Å². The van der Waals surface area contributed by atoms with Gasteiger partial charge in [0.25, 0.3) is 0 Å². The van der Waals surface area contributed by atoms with Gasteiger partial charge in [-0.3, -0.25) is 4.68 Å². The van der Waals surface area contributed by atoms with E-state index in [0.29, 0.717) is 6.04 Å². The van der Waals surface area contributed by atoms with E-state index < -0.39 is 0 Å². The molecular formula is C10H17N3. The number of nitrogens with one attached hydrogen (secondary N) is 1. The standard InChI is InChI=1S/C10H17N3/c1-8-4-3-5-10(8)12-9-6-11-13(2)7-9/h6-8,10,12H,3-5H2,1-2H3/t8-,10+/m1/s1. The summed E-state index contributed by atoms with van der Waals surface area (Å²) < 4.78 is 1.84. The molecule has 3 nitrogen and oxygen atoms in total. The minimum Gasteiger partial charge on any atom is -0.380 e.